The topological polar surface area (TPSA) is 76.2 Å². The number of imidazole rings is 1. The number of nitrogens with zero attached hydrogens (tertiary/aromatic N) is 7. The van der Waals surface area contributed by atoms with Crippen LogP contribution in [0.2, 0.25) is 0 Å². The van der Waals surface area contributed by atoms with Crippen LogP contribution in [0.4, 0.5) is 10.8 Å². The number of fused-ring (bicyclic) bond motifs is 1. The first-order chi connectivity index (χ1) is 14.2. The second kappa shape index (κ2) is 7.57. The average Bonchev–Trinajstić information content (AvgIpc) is 3.49. The summed E-state index contributed by atoms with van der Waals surface area (Å²) in [5.41, 5.74) is 4.88. The van der Waals surface area contributed by atoms with Crippen LogP contribution >= 0.6 is 11.5 Å². The van der Waals surface area contributed by atoms with Crippen molar-refractivity contribution in [2.24, 2.45) is 0 Å². The van der Waals surface area contributed by atoms with Crippen LogP contribution in [0, 0.1) is 6.92 Å². The molecule has 0 aliphatic carbocycles. The van der Waals surface area contributed by atoms with Gasteiger partial charge in [-0.25, -0.2) is 9.97 Å². The Hall–Kier alpha value is -2.78. The van der Waals surface area contributed by atoms with Crippen LogP contribution in [0.1, 0.15) is 31.2 Å². The van der Waals surface area contributed by atoms with Crippen LogP contribution in [0.5, 0.6) is 0 Å². The first-order valence-electron chi connectivity index (χ1n) is 10.0. The lowest BCUT2D eigenvalue weighted by Crippen LogP contribution is -2.18. The van der Waals surface area contributed by atoms with Crippen molar-refractivity contribution in [1.29, 1.82) is 0 Å². The molecule has 0 aromatic carbocycles. The normalized spacial score (nSPS) is 14.8. The predicted octanol–water partition coefficient (Wildman–Crippen LogP) is 3.72. The summed E-state index contributed by atoms with van der Waals surface area (Å²) in [5.74, 6) is 0.746. The van der Waals surface area contributed by atoms with Crippen molar-refractivity contribution < 1.29 is 0 Å². The molecule has 1 aliphatic rings. The minimum atomic E-state index is 0.746. The Morgan fingerprint density at radius 3 is 2.83 bits per heavy atom. The van der Waals surface area contributed by atoms with Gasteiger partial charge in [0.2, 0.25) is 0 Å². The summed E-state index contributed by atoms with van der Waals surface area (Å²) < 4.78 is 8.61. The Morgan fingerprint density at radius 1 is 1.17 bits per heavy atom. The number of anilines is 2. The van der Waals surface area contributed by atoms with Crippen molar-refractivity contribution in [3.05, 3.63) is 42.2 Å². The molecule has 8 nitrogen and oxygen atoms in total. The maximum Gasteiger partial charge on any atom is 0.180 e. The Balaban J connectivity index is 1.43. The highest BCUT2D eigenvalue weighted by Crippen LogP contribution is 2.28. The van der Waals surface area contributed by atoms with Gasteiger partial charge >= 0.3 is 0 Å². The van der Waals surface area contributed by atoms with Gasteiger partial charge < -0.3 is 5.32 Å². The van der Waals surface area contributed by atoms with Crippen molar-refractivity contribution in [1.82, 2.24) is 33.4 Å². The van der Waals surface area contributed by atoms with Gasteiger partial charge in [0.1, 0.15) is 5.00 Å². The van der Waals surface area contributed by atoms with E-state index in [4.69, 9.17) is 4.98 Å². The molecule has 5 heterocycles. The Bertz CT molecular complexity index is 1130. The molecule has 4 aromatic heterocycles. The number of hydrogen-bond donors (Lipinski definition) is 1. The number of aromatic nitrogens is 6. The lowest BCUT2D eigenvalue weighted by molar-refractivity contribution is 0.328. The fourth-order valence-electron chi connectivity index (χ4n) is 3.81. The molecule has 1 saturated heterocycles. The molecule has 9 heteroatoms. The van der Waals surface area contributed by atoms with Crippen molar-refractivity contribution in [2.75, 3.05) is 18.4 Å². The van der Waals surface area contributed by atoms with Gasteiger partial charge in [0.05, 0.1) is 29.5 Å². The van der Waals surface area contributed by atoms with E-state index in [-0.39, 0.29) is 0 Å². The summed E-state index contributed by atoms with van der Waals surface area (Å²) in [5, 5.41) is 8.81. The molecule has 4 aromatic rings. The van der Waals surface area contributed by atoms with Gasteiger partial charge in [-0.2, -0.15) is 9.47 Å². The van der Waals surface area contributed by atoms with E-state index in [9.17, 15) is 0 Å². The van der Waals surface area contributed by atoms with E-state index < -0.39 is 0 Å². The fourth-order valence-corrected chi connectivity index (χ4v) is 4.46. The third-order valence-corrected chi connectivity index (χ3v) is 5.99. The molecule has 0 spiro atoms. The van der Waals surface area contributed by atoms with Crippen LogP contribution in [0.25, 0.3) is 16.9 Å². The molecule has 1 fully saturated rings. The highest BCUT2D eigenvalue weighted by atomic mass is 32.1. The summed E-state index contributed by atoms with van der Waals surface area (Å²) >= 11 is 1.47. The van der Waals surface area contributed by atoms with Gasteiger partial charge in [-0.05, 0) is 57.4 Å². The zero-order chi connectivity index (χ0) is 19.8. The molecule has 1 aliphatic heterocycles. The summed E-state index contributed by atoms with van der Waals surface area (Å²) in [6.45, 7) is 8.18. The summed E-state index contributed by atoms with van der Waals surface area (Å²) in [6.07, 6.45) is 10.4. The average molecular weight is 409 g/mol. The fraction of sp³-hybridized carbons (Fsp3) is 0.400. The van der Waals surface area contributed by atoms with Crippen molar-refractivity contribution in [2.45, 2.75) is 39.8 Å². The predicted molar refractivity (Wildman–Crippen MR) is 115 cm³/mol. The minimum Gasteiger partial charge on any atom is -0.328 e. The van der Waals surface area contributed by atoms with E-state index in [0.717, 1.165) is 52.2 Å². The molecule has 0 radical (unpaired) electrons. The van der Waals surface area contributed by atoms with E-state index in [1.54, 1.807) is 0 Å². The molecular formula is C20H24N8S. The zero-order valence-corrected chi connectivity index (χ0v) is 17.5. The zero-order valence-electron chi connectivity index (χ0n) is 16.7. The second-order valence-corrected chi connectivity index (χ2v) is 8.25. The first kappa shape index (κ1) is 18.3. The number of rotatable bonds is 6. The number of likely N-dealkylation sites (tertiary alicyclic amines) is 1. The van der Waals surface area contributed by atoms with Gasteiger partial charge in [-0.3, -0.25) is 14.0 Å². The van der Waals surface area contributed by atoms with Crippen LogP contribution in [0.3, 0.4) is 0 Å². The molecular weight excluding hydrogens is 384 g/mol. The van der Waals surface area contributed by atoms with Crippen LogP contribution in [-0.4, -0.2) is 46.5 Å². The lowest BCUT2D eigenvalue weighted by Gasteiger charge is -2.11. The largest absolute Gasteiger partial charge is 0.328 e. The van der Waals surface area contributed by atoms with E-state index in [0.29, 0.717) is 0 Å². The van der Waals surface area contributed by atoms with Crippen molar-refractivity contribution in [3.63, 3.8) is 0 Å². The molecule has 1 N–H and O–H groups in total. The van der Waals surface area contributed by atoms with Gasteiger partial charge in [0.15, 0.2) is 11.5 Å². The van der Waals surface area contributed by atoms with Crippen molar-refractivity contribution in [3.8, 4) is 11.3 Å². The molecule has 0 amide bonds. The van der Waals surface area contributed by atoms with E-state index >= 15 is 0 Å². The number of aryl methyl sites for hydroxylation is 2. The summed E-state index contributed by atoms with van der Waals surface area (Å²) in [7, 11) is 0. The molecule has 5 rings (SSSR count). The maximum absolute atomic E-state index is 4.69. The maximum atomic E-state index is 4.69. The van der Waals surface area contributed by atoms with Gasteiger partial charge in [-0.1, -0.05) is 0 Å². The molecule has 0 atom stereocenters. The van der Waals surface area contributed by atoms with Crippen LogP contribution in [0.15, 0.2) is 30.9 Å². The summed E-state index contributed by atoms with van der Waals surface area (Å²) in [4.78, 5) is 11.8. The highest BCUT2D eigenvalue weighted by Gasteiger charge is 2.16. The highest BCUT2D eigenvalue weighted by molar-refractivity contribution is 7.10. The third-order valence-electron chi connectivity index (χ3n) is 5.25. The molecule has 150 valence electrons. The van der Waals surface area contributed by atoms with Gasteiger partial charge in [0.25, 0.3) is 0 Å². The molecule has 0 bridgehead atoms. The third kappa shape index (κ3) is 3.63. The first-order valence-corrected chi connectivity index (χ1v) is 10.8. The van der Waals surface area contributed by atoms with Gasteiger partial charge in [-0.15, -0.1) is 0 Å². The SMILES string of the molecule is CCn1cc(-c2cnc3c(Nc4cc(CN5CCCC5)ns4)nc(C)cn23)cn1. The van der Waals surface area contributed by atoms with Crippen LogP contribution < -0.4 is 5.32 Å². The minimum absolute atomic E-state index is 0.746. The lowest BCUT2D eigenvalue weighted by atomic mass is 10.3. The summed E-state index contributed by atoms with van der Waals surface area (Å²) in [6, 6.07) is 2.12. The molecule has 0 saturated carbocycles. The molecule has 29 heavy (non-hydrogen) atoms. The Kier molecular flexibility index (Phi) is 4.76. The quantitative estimate of drug-likeness (QED) is 0.524. The smallest absolute Gasteiger partial charge is 0.180 e. The number of hydrogen-bond acceptors (Lipinski definition) is 7. The van der Waals surface area contributed by atoms with Crippen molar-refractivity contribution >= 4 is 28.0 Å². The number of nitrogens with one attached hydrogen (secondary N) is 1. The van der Waals surface area contributed by atoms with E-state index in [2.05, 4.69) is 42.1 Å². The van der Waals surface area contributed by atoms with Gasteiger partial charge in [0, 0.05) is 31.0 Å². The standard InChI is InChI=1S/C20H24N8S/c1-3-27-12-15(9-22-27)17-10-21-20-19(23-14(2)11-28(17)20)24-18-8-16(25-29-18)13-26-6-4-5-7-26/h8-12H,3-7,13H2,1-2H3,(H,23,24). The monoisotopic (exact) mass is 408 g/mol. The van der Waals surface area contributed by atoms with E-state index in [1.165, 1.54) is 37.5 Å². The Labute approximate surface area is 173 Å². The Morgan fingerprint density at radius 2 is 2.03 bits per heavy atom. The second-order valence-electron chi connectivity index (χ2n) is 7.44. The van der Waals surface area contributed by atoms with E-state index in [1.807, 2.05) is 36.4 Å². The van der Waals surface area contributed by atoms with Crippen LogP contribution in [-0.2, 0) is 13.1 Å². The molecule has 0 unspecified atom stereocenters.